The minimum Gasteiger partial charge on any atom is -0.508 e. The van der Waals surface area contributed by atoms with E-state index in [1.807, 2.05) is 0 Å². The Hall–Kier alpha value is -2.30. The Bertz CT molecular complexity index is 624. The Balaban J connectivity index is 2.70. The number of esters is 1. The van der Waals surface area contributed by atoms with E-state index in [0.717, 1.165) is 0 Å². The van der Waals surface area contributed by atoms with Gasteiger partial charge < -0.3 is 14.3 Å². The molecule has 5 heteroatoms. The highest BCUT2D eigenvalue weighted by atomic mass is 16.5. The summed E-state index contributed by atoms with van der Waals surface area (Å²) >= 11 is 0. The molecule has 1 heterocycles. The molecule has 0 spiro atoms. The number of hydrogen-bond acceptors (Lipinski definition) is 5. The summed E-state index contributed by atoms with van der Waals surface area (Å²) in [5.41, 5.74) is 0.391. The maximum absolute atomic E-state index is 11.8. The average Bonchev–Trinajstić information content (AvgIpc) is 2.67. The van der Waals surface area contributed by atoms with Crippen LogP contribution >= 0.6 is 0 Å². The highest BCUT2D eigenvalue weighted by Crippen LogP contribution is 2.29. The normalized spacial score (nSPS) is 10.6. The van der Waals surface area contributed by atoms with Crippen LogP contribution in [0.25, 0.3) is 11.0 Å². The zero-order valence-electron chi connectivity index (χ0n) is 10.0. The molecule has 0 aliphatic carbocycles. The Morgan fingerprint density at radius 2 is 2.11 bits per heavy atom. The van der Waals surface area contributed by atoms with E-state index in [0.29, 0.717) is 5.39 Å². The highest BCUT2D eigenvalue weighted by molar-refractivity contribution is 6.12. The van der Waals surface area contributed by atoms with Crippen molar-refractivity contribution >= 4 is 22.7 Å². The van der Waals surface area contributed by atoms with Gasteiger partial charge in [0.25, 0.3) is 0 Å². The smallest absolute Gasteiger partial charge is 0.342 e. The van der Waals surface area contributed by atoms with Crippen molar-refractivity contribution in [1.82, 2.24) is 0 Å². The lowest BCUT2D eigenvalue weighted by molar-refractivity contribution is 0.0523. The summed E-state index contributed by atoms with van der Waals surface area (Å²) < 4.78 is 10.2. The third-order valence-electron chi connectivity index (χ3n) is 2.47. The van der Waals surface area contributed by atoms with Gasteiger partial charge in [0.2, 0.25) is 0 Å². The number of carbonyl (C=O) groups is 2. The minimum absolute atomic E-state index is 0.00163. The van der Waals surface area contributed by atoms with E-state index in [2.05, 4.69) is 0 Å². The largest absolute Gasteiger partial charge is 0.508 e. The molecule has 0 saturated heterocycles. The summed E-state index contributed by atoms with van der Waals surface area (Å²) in [5, 5.41) is 9.80. The fourth-order valence-corrected chi connectivity index (χ4v) is 1.74. The van der Waals surface area contributed by atoms with Crippen LogP contribution in [0.1, 0.15) is 34.8 Å². The molecule has 0 atom stereocenters. The van der Waals surface area contributed by atoms with Gasteiger partial charge in [0.1, 0.15) is 16.9 Å². The number of hydrogen-bond donors (Lipinski definition) is 1. The molecule has 5 nitrogen and oxygen atoms in total. The van der Waals surface area contributed by atoms with Crippen LogP contribution in [0.15, 0.2) is 22.6 Å². The van der Waals surface area contributed by atoms with Crippen molar-refractivity contribution in [2.45, 2.75) is 13.8 Å². The van der Waals surface area contributed by atoms with Crippen molar-refractivity contribution in [3.63, 3.8) is 0 Å². The molecule has 0 aliphatic rings. The Morgan fingerprint density at radius 1 is 1.39 bits per heavy atom. The molecule has 1 N–H and O–H groups in total. The molecular weight excluding hydrogens is 236 g/mol. The second kappa shape index (κ2) is 4.52. The van der Waals surface area contributed by atoms with Crippen molar-refractivity contribution in [3.05, 3.63) is 29.5 Å². The molecule has 2 rings (SSSR count). The molecule has 94 valence electrons. The van der Waals surface area contributed by atoms with Gasteiger partial charge >= 0.3 is 5.97 Å². The molecule has 0 saturated carbocycles. The number of phenols is 1. The first-order valence-corrected chi connectivity index (χ1v) is 5.48. The van der Waals surface area contributed by atoms with Crippen molar-refractivity contribution in [1.29, 1.82) is 0 Å². The van der Waals surface area contributed by atoms with Gasteiger partial charge in [0.05, 0.1) is 6.61 Å². The lowest BCUT2D eigenvalue weighted by Crippen LogP contribution is -2.08. The van der Waals surface area contributed by atoms with Crippen LogP contribution in [0, 0.1) is 0 Å². The zero-order valence-corrected chi connectivity index (χ0v) is 10.0. The quantitative estimate of drug-likeness (QED) is 0.667. The van der Waals surface area contributed by atoms with Crippen molar-refractivity contribution in [2.75, 3.05) is 6.61 Å². The molecule has 0 fully saturated rings. The first-order valence-electron chi connectivity index (χ1n) is 5.48. The number of Topliss-reactive ketones (excluding diaryl/α,β-unsaturated/α-hetero) is 1. The van der Waals surface area contributed by atoms with E-state index in [1.54, 1.807) is 6.92 Å². The summed E-state index contributed by atoms with van der Waals surface area (Å²) in [7, 11) is 0. The van der Waals surface area contributed by atoms with Crippen molar-refractivity contribution < 1.29 is 23.8 Å². The molecule has 1 aromatic carbocycles. The SMILES string of the molecule is CCOC(=O)c1c(C(C)=O)oc2cc(O)ccc12. The predicted octanol–water partition coefficient (Wildman–Crippen LogP) is 2.52. The van der Waals surface area contributed by atoms with Gasteiger partial charge in [-0.1, -0.05) is 0 Å². The average molecular weight is 248 g/mol. The van der Waals surface area contributed by atoms with Crippen molar-refractivity contribution in [2.24, 2.45) is 0 Å². The molecule has 2 aromatic rings. The Morgan fingerprint density at radius 3 is 2.72 bits per heavy atom. The predicted molar refractivity (Wildman–Crippen MR) is 63.8 cm³/mol. The fraction of sp³-hybridized carbons (Fsp3) is 0.231. The van der Waals surface area contributed by atoms with Gasteiger partial charge in [-0.25, -0.2) is 4.79 Å². The molecule has 0 radical (unpaired) electrons. The highest BCUT2D eigenvalue weighted by Gasteiger charge is 2.24. The summed E-state index contributed by atoms with van der Waals surface area (Å²) in [6, 6.07) is 4.29. The van der Waals surface area contributed by atoms with Crippen LogP contribution < -0.4 is 0 Å². The van der Waals surface area contributed by atoms with E-state index < -0.39 is 5.97 Å². The summed E-state index contributed by atoms with van der Waals surface area (Å²) in [4.78, 5) is 23.3. The molecular formula is C13H12O5. The third-order valence-corrected chi connectivity index (χ3v) is 2.47. The van der Waals surface area contributed by atoms with Crippen LogP contribution in [0.5, 0.6) is 5.75 Å². The molecule has 0 amide bonds. The maximum Gasteiger partial charge on any atom is 0.342 e. The first-order chi connectivity index (χ1) is 8.54. The van der Waals surface area contributed by atoms with Crippen LogP contribution in [0.3, 0.4) is 0 Å². The Labute approximate surface area is 103 Å². The molecule has 18 heavy (non-hydrogen) atoms. The lowest BCUT2D eigenvalue weighted by atomic mass is 10.1. The summed E-state index contributed by atoms with van der Waals surface area (Å²) in [5.74, 6) is -1.02. The van der Waals surface area contributed by atoms with Gasteiger partial charge in [0, 0.05) is 18.4 Å². The van der Waals surface area contributed by atoms with E-state index in [4.69, 9.17) is 9.15 Å². The number of furan rings is 1. The molecule has 0 aliphatic heterocycles. The van der Waals surface area contributed by atoms with Gasteiger partial charge in [-0.15, -0.1) is 0 Å². The number of benzene rings is 1. The van der Waals surface area contributed by atoms with E-state index in [1.165, 1.54) is 25.1 Å². The number of ether oxygens (including phenoxy) is 1. The molecule has 0 unspecified atom stereocenters. The van der Waals surface area contributed by atoms with Crippen molar-refractivity contribution in [3.8, 4) is 5.75 Å². The van der Waals surface area contributed by atoms with Gasteiger partial charge in [-0.3, -0.25) is 4.79 Å². The number of carbonyl (C=O) groups excluding carboxylic acids is 2. The summed E-state index contributed by atoms with van der Waals surface area (Å²) in [6.07, 6.45) is 0. The fourth-order valence-electron chi connectivity index (χ4n) is 1.74. The number of ketones is 1. The molecule has 0 bridgehead atoms. The second-order valence-corrected chi connectivity index (χ2v) is 3.76. The van der Waals surface area contributed by atoms with E-state index >= 15 is 0 Å². The van der Waals surface area contributed by atoms with Gasteiger partial charge in [-0.2, -0.15) is 0 Å². The van der Waals surface area contributed by atoms with Gasteiger partial charge in [-0.05, 0) is 19.1 Å². The maximum atomic E-state index is 11.8. The lowest BCUT2D eigenvalue weighted by Gasteiger charge is -2.00. The number of fused-ring (bicyclic) bond motifs is 1. The van der Waals surface area contributed by atoms with Crippen LogP contribution in [-0.4, -0.2) is 23.5 Å². The van der Waals surface area contributed by atoms with Gasteiger partial charge in [0.15, 0.2) is 11.5 Å². The summed E-state index contributed by atoms with van der Waals surface area (Å²) in [6.45, 7) is 3.20. The van der Waals surface area contributed by atoms with E-state index in [9.17, 15) is 14.7 Å². The number of rotatable bonds is 3. The Kier molecular flexibility index (Phi) is 3.06. The van der Waals surface area contributed by atoms with Crippen LogP contribution in [0.4, 0.5) is 0 Å². The van der Waals surface area contributed by atoms with Crippen LogP contribution in [-0.2, 0) is 4.74 Å². The minimum atomic E-state index is -0.605. The third kappa shape index (κ3) is 1.95. The number of phenolic OH excluding ortho intramolecular Hbond substituents is 1. The van der Waals surface area contributed by atoms with E-state index in [-0.39, 0.29) is 35.0 Å². The number of aromatic hydroxyl groups is 1. The molecule has 1 aromatic heterocycles. The standard InChI is InChI=1S/C13H12O5/c1-3-17-13(16)11-9-5-4-8(15)6-10(9)18-12(11)7(2)14/h4-6,15H,3H2,1-2H3. The monoisotopic (exact) mass is 248 g/mol. The topological polar surface area (TPSA) is 76.7 Å². The zero-order chi connectivity index (χ0) is 13.3. The van der Waals surface area contributed by atoms with Crippen LogP contribution in [0.2, 0.25) is 0 Å². The first kappa shape index (κ1) is 12.2. The second-order valence-electron chi connectivity index (χ2n) is 3.76.